The Morgan fingerprint density at radius 2 is 2.36 bits per heavy atom. The third-order valence-corrected chi connectivity index (χ3v) is 3.23. The van der Waals surface area contributed by atoms with Crippen LogP contribution in [0.25, 0.3) is 0 Å². The summed E-state index contributed by atoms with van der Waals surface area (Å²) in [6, 6.07) is 8.02. The number of halogens is 1. The van der Waals surface area contributed by atoms with E-state index < -0.39 is 6.10 Å². The zero-order valence-corrected chi connectivity index (χ0v) is 10.3. The molecule has 2 nitrogen and oxygen atoms in total. The van der Waals surface area contributed by atoms with Crippen molar-refractivity contribution in [1.29, 1.82) is 0 Å². The van der Waals surface area contributed by atoms with E-state index in [1.807, 2.05) is 24.3 Å². The number of rotatable bonds is 5. The number of aliphatic hydroxyl groups excluding tert-OH is 1. The van der Waals surface area contributed by atoms with E-state index in [9.17, 15) is 5.11 Å². The standard InChI is InChI=1S/C10H13BrO2S/c1-13-6-9(12)7-14-10-4-2-3-8(11)5-10/h2-5,9,12H,6-7H2,1H3. The minimum absolute atomic E-state index is 0.390. The summed E-state index contributed by atoms with van der Waals surface area (Å²) in [5.74, 6) is 0.657. The molecule has 0 saturated heterocycles. The fourth-order valence-corrected chi connectivity index (χ4v) is 2.41. The van der Waals surface area contributed by atoms with E-state index in [0.29, 0.717) is 12.4 Å². The maximum absolute atomic E-state index is 9.42. The lowest BCUT2D eigenvalue weighted by Crippen LogP contribution is -2.16. The van der Waals surface area contributed by atoms with Gasteiger partial charge in [-0.1, -0.05) is 22.0 Å². The van der Waals surface area contributed by atoms with E-state index in [1.165, 1.54) is 0 Å². The molecule has 14 heavy (non-hydrogen) atoms. The van der Waals surface area contributed by atoms with Crippen LogP contribution in [0.15, 0.2) is 33.6 Å². The topological polar surface area (TPSA) is 29.5 Å². The maximum Gasteiger partial charge on any atom is 0.0867 e. The Bertz CT molecular complexity index is 281. The Morgan fingerprint density at radius 3 is 3.00 bits per heavy atom. The van der Waals surface area contributed by atoms with E-state index in [4.69, 9.17) is 4.74 Å². The van der Waals surface area contributed by atoms with Crippen molar-refractivity contribution in [1.82, 2.24) is 0 Å². The molecule has 1 aromatic rings. The van der Waals surface area contributed by atoms with Crippen molar-refractivity contribution in [2.45, 2.75) is 11.0 Å². The van der Waals surface area contributed by atoms with Gasteiger partial charge in [0.2, 0.25) is 0 Å². The van der Waals surface area contributed by atoms with Crippen LogP contribution in [0.4, 0.5) is 0 Å². The molecule has 0 spiro atoms. The van der Waals surface area contributed by atoms with Gasteiger partial charge < -0.3 is 9.84 Å². The zero-order chi connectivity index (χ0) is 10.4. The van der Waals surface area contributed by atoms with Gasteiger partial charge in [0, 0.05) is 22.2 Å². The SMILES string of the molecule is COCC(O)CSc1cccc(Br)c1. The molecule has 0 bridgehead atoms. The van der Waals surface area contributed by atoms with Gasteiger partial charge >= 0.3 is 0 Å². The van der Waals surface area contributed by atoms with E-state index in [0.717, 1.165) is 9.37 Å². The summed E-state index contributed by atoms with van der Waals surface area (Å²) < 4.78 is 5.90. The average Bonchev–Trinajstić information content (AvgIpc) is 2.15. The quantitative estimate of drug-likeness (QED) is 0.839. The van der Waals surface area contributed by atoms with Gasteiger partial charge in [-0.15, -0.1) is 11.8 Å². The van der Waals surface area contributed by atoms with Gasteiger partial charge in [-0.25, -0.2) is 0 Å². The Balaban J connectivity index is 2.37. The molecule has 0 fully saturated rings. The van der Waals surface area contributed by atoms with Crippen molar-refractivity contribution >= 4 is 27.7 Å². The number of hydrogen-bond acceptors (Lipinski definition) is 3. The monoisotopic (exact) mass is 276 g/mol. The Hall–Kier alpha value is -0.0300. The molecular formula is C10H13BrO2S. The normalized spacial score (nSPS) is 12.8. The Morgan fingerprint density at radius 1 is 1.57 bits per heavy atom. The molecule has 0 aliphatic rings. The lowest BCUT2D eigenvalue weighted by atomic mass is 10.4. The first kappa shape index (κ1) is 12.0. The molecule has 78 valence electrons. The third-order valence-electron chi connectivity index (χ3n) is 1.60. The second kappa shape index (κ2) is 6.45. The molecule has 0 saturated carbocycles. The maximum atomic E-state index is 9.42. The van der Waals surface area contributed by atoms with Crippen molar-refractivity contribution < 1.29 is 9.84 Å². The second-order valence-corrected chi connectivity index (χ2v) is 4.89. The van der Waals surface area contributed by atoms with Gasteiger partial charge in [-0.3, -0.25) is 0 Å². The molecule has 0 amide bonds. The fourth-order valence-electron chi connectivity index (χ4n) is 0.990. The second-order valence-electron chi connectivity index (χ2n) is 2.88. The number of benzene rings is 1. The van der Waals surface area contributed by atoms with Crippen LogP contribution in [0.2, 0.25) is 0 Å². The van der Waals surface area contributed by atoms with Crippen molar-refractivity contribution in [3.05, 3.63) is 28.7 Å². The van der Waals surface area contributed by atoms with Gasteiger partial charge in [-0.2, -0.15) is 0 Å². The molecule has 0 heterocycles. The Labute approximate surface area is 96.8 Å². The lowest BCUT2D eigenvalue weighted by molar-refractivity contribution is 0.0794. The smallest absolute Gasteiger partial charge is 0.0867 e. The fraction of sp³-hybridized carbons (Fsp3) is 0.400. The lowest BCUT2D eigenvalue weighted by Gasteiger charge is -2.08. The van der Waals surface area contributed by atoms with Crippen LogP contribution >= 0.6 is 27.7 Å². The number of thioether (sulfide) groups is 1. The minimum Gasteiger partial charge on any atom is -0.390 e. The van der Waals surface area contributed by atoms with Crippen LogP contribution < -0.4 is 0 Å². The zero-order valence-electron chi connectivity index (χ0n) is 7.94. The summed E-state index contributed by atoms with van der Waals surface area (Å²) in [5.41, 5.74) is 0. The number of hydrogen-bond donors (Lipinski definition) is 1. The summed E-state index contributed by atoms with van der Waals surface area (Å²) in [5, 5.41) is 9.42. The summed E-state index contributed by atoms with van der Waals surface area (Å²) in [7, 11) is 1.59. The van der Waals surface area contributed by atoms with E-state index >= 15 is 0 Å². The van der Waals surface area contributed by atoms with Gasteiger partial charge in [0.25, 0.3) is 0 Å². The highest BCUT2D eigenvalue weighted by molar-refractivity contribution is 9.10. The van der Waals surface area contributed by atoms with Crippen LogP contribution in [0.5, 0.6) is 0 Å². The van der Waals surface area contributed by atoms with Gasteiger partial charge in [0.1, 0.15) is 0 Å². The number of ether oxygens (including phenoxy) is 1. The highest BCUT2D eigenvalue weighted by atomic mass is 79.9. The molecule has 0 radical (unpaired) electrons. The van der Waals surface area contributed by atoms with E-state index in [1.54, 1.807) is 18.9 Å². The molecule has 0 aliphatic heterocycles. The highest BCUT2D eigenvalue weighted by Crippen LogP contribution is 2.22. The largest absolute Gasteiger partial charge is 0.390 e. The van der Waals surface area contributed by atoms with Crippen molar-refractivity contribution in [2.24, 2.45) is 0 Å². The van der Waals surface area contributed by atoms with Crippen molar-refractivity contribution in [2.75, 3.05) is 19.5 Å². The molecular weight excluding hydrogens is 264 g/mol. The average molecular weight is 277 g/mol. The molecule has 0 aliphatic carbocycles. The molecule has 0 aromatic heterocycles. The Kier molecular flexibility index (Phi) is 5.55. The molecule has 1 N–H and O–H groups in total. The molecule has 1 atom stereocenters. The third kappa shape index (κ3) is 4.46. The van der Waals surface area contributed by atoms with Crippen molar-refractivity contribution in [3.63, 3.8) is 0 Å². The summed E-state index contributed by atoms with van der Waals surface area (Å²) in [6.07, 6.45) is -0.399. The van der Waals surface area contributed by atoms with E-state index in [-0.39, 0.29) is 0 Å². The van der Waals surface area contributed by atoms with Crippen LogP contribution in [-0.2, 0) is 4.74 Å². The molecule has 4 heteroatoms. The summed E-state index contributed by atoms with van der Waals surface area (Å²) in [6.45, 7) is 0.390. The number of methoxy groups -OCH3 is 1. The predicted molar refractivity (Wildman–Crippen MR) is 62.7 cm³/mol. The first-order chi connectivity index (χ1) is 6.72. The molecule has 1 unspecified atom stereocenters. The van der Waals surface area contributed by atoms with Crippen LogP contribution in [0.1, 0.15) is 0 Å². The van der Waals surface area contributed by atoms with Crippen LogP contribution in [-0.4, -0.2) is 30.7 Å². The first-order valence-electron chi connectivity index (χ1n) is 4.27. The van der Waals surface area contributed by atoms with Crippen LogP contribution in [0.3, 0.4) is 0 Å². The highest BCUT2D eigenvalue weighted by Gasteiger charge is 2.04. The van der Waals surface area contributed by atoms with Gasteiger partial charge in [-0.05, 0) is 18.2 Å². The van der Waals surface area contributed by atoms with Crippen molar-refractivity contribution in [3.8, 4) is 0 Å². The van der Waals surface area contributed by atoms with Crippen LogP contribution in [0, 0.1) is 0 Å². The van der Waals surface area contributed by atoms with E-state index in [2.05, 4.69) is 15.9 Å². The van der Waals surface area contributed by atoms with Gasteiger partial charge in [0.15, 0.2) is 0 Å². The summed E-state index contributed by atoms with van der Waals surface area (Å²) in [4.78, 5) is 1.15. The molecule has 1 rings (SSSR count). The predicted octanol–water partition coefficient (Wildman–Crippen LogP) is 2.55. The van der Waals surface area contributed by atoms with Gasteiger partial charge in [0.05, 0.1) is 12.7 Å². The minimum atomic E-state index is -0.399. The summed E-state index contributed by atoms with van der Waals surface area (Å²) >= 11 is 5.02. The number of aliphatic hydroxyl groups is 1. The molecule has 1 aromatic carbocycles. The first-order valence-corrected chi connectivity index (χ1v) is 6.05.